The summed E-state index contributed by atoms with van der Waals surface area (Å²) in [5, 5.41) is 9.68. The largest absolute Gasteiger partial charge is 0.481 e. The minimum absolute atomic E-state index is 0.462. The van der Waals surface area contributed by atoms with Crippen LogP contribution >= 0.6 is 11.3 Å². The Morgan fingerprint density at radius 3 is 3.07 bits per heavy atom. The van der Waals surface area contributed by atoms with Crippen molar-refractivity contribution in [3.63, 3.8) is 0 Å². The van der Waals surface area contributed by atoms with Crippen LogP contribution in [0.2, 0.25) is 0 Å². The zero-order valence-corrected chi connectivity index (χ0v) is 9.80. The van der Waals surface area contributed by atoms with Crippen LogP contribution in [0.5, 0.6) is 0 Å². The first-order valence-corrected chi connectivity index (χ1v) is 6.11. The zero-order valence-electron chi connectivity index (χ0n) is 8.99. The topological polar surface area (TPSA) is 50.2 Å². The molecular formula is C11H15NO2S. The predicted molar refractivity (Wildman–Crippen MR) is 59.4 cm³/mol. The first-order valence-electron chi connectivity index (χ1n) is 5.29. The van der Waals surface area contributed by atoms with Crippen LogP contribution < -0.4 is 0 Å². The number of carboxylic acids is 1. The van der Waals surface area contributed by atoms with Gasteiger partial charge in [-0.15, -0.1) is 11.3 Å². The van der Waals surface area contributed by atoms with E-state index < -0.39 is 11.9 Å². The molecule has 0 aliphatic heterocycles. The molecule has 82 valence electrons. The smallest absolute Gasteiger partial charge is 0.313 e. The van der Waals surface area contributed by atoms with Crippen molar-refractivity contribution in [2.45, 2.75) is 39.0 Å². The lowest BCUT2D eigenvalue weighted by atomic mass is 9.93. The van der Waals surface area contributed by atoms with Gasteiger partial charge in [-0.1, -0.05) is 6.92 Å². The van der Waals surface area contributed by atoms with E-state index in [9.17, 15) is 4.79 Å². The van der Waals surface area contributed by atoms with E-state index in [1.807, 2.05) is 0 Å². The van der Waals surface area contributed by atoms with Gasteiger partial charge in [0, 0.05) is 4.88 Å². The Labute approximate surface area is 93.2 Å². The molecule has 0 bridgehead atoms. The Morgan fingerprint density at radius 1 is 1.67 bits per heavy atom. The Morgan fingerprint density at radius 2 is 2.40 bits per heavy atom. The van der Waals surface area contributed by atoms with Gasteiger partial charge in [0.1, 0.15) is 10.9 Å². The van der Waals surface area contributed by atoms with E-state index in [1.165, 1.54) is 11.3 Å². The van der Waals surface area contributed by atoms with Crippen molar-refractivity contribution in [1.82, 2.24) is 4.98 Å². The fraction of sp³-hybridized carbons (Fsp3) is 0.636. The molecule has 3 nitrogen and oxygen atoms in total. The number of nitrogens with zero attached hydrogens (tertiary/aromatic N) is 1. The fourth-order valence-corrected chi connectivity index (χ4v) is 3.17. The monoisotopic (exact) mass is 225 g/mol. The van der Waals surface area contributed by atoms with Crippen LogP contribution in [-0.4, -0.2) is 16.1 Å². The lowest BCUT2D eigenvalue weighted by Gasteiger charge is -2.15. The molecule has 1 heterocycles. The van der Waals surface area contributed by atoms with Crippen molar-refractivity contribution >= 4 is 17.3 Å². The van der Waals surface area contributed by atoms with Gasteiger partial charge in [0.15, 0.2) is 0 Å². The summed E-state index contributed by atoms with van der Waals surface area (Å²) in [6.07, 6.45) is 3.26. The summed E-state index contributed by atoms with van der Waals surface area (Å²) >= 11 is 1.58. The SMILES string of the molecule is CC1CCc2nc(C(C)C(=O)O)sc2C1. The van der Waals surface area contributed by atoms with E-state index >= 15 is 0 Å². The maximum atomic E-state index is 10.8. The summed E-state index contributed by atoms with van der Waals surface area (Å²) in [5.74, 6) is -0.531. The van der Waals surface area contributed by atoms with E-state index in [2.05, 4.69) is 11.9 Å². The summed E-state index contributed by atoms with van der Waals surface area (Å²) in [7, 11) is 0. The number of carboxylic acid groups (broad SMARTS) is 1. The predicted octanol–water partition coefficient (Wildman–Crippen LogP) is 2.46. The molecule has 1 aliphatic rings. The summed E-state index contributed by atoms with van der Waals surface area (Å²) < 4.78 is 0. The van der Waals surface area contributed by atoms with Crippen molar-refractivity contribution in [1.29, 1.82) is 0 Å². The molecule has 2 unspecified atom stereocenters. The highest BCUT2D eigenvalue weighted by atomic mass is 32.1. The van der Waals surface area contributed by atoms with Gasteiger partial charge in [-0.2, -0.15) is 0 Å². The zero-order chi connectivity index (χ0) is 11.0. The normalized spacial score (nSPS) is 22.1. The first-order chi connectivity index (χ1) is 7.08. The Balaban J connectivity index is 2.26. The summed E-state index contributed by atoms with van der Waals surface area (Å²) in [6, 6.07) is 0. The third kappa shape index (κ3) is 2.04. The minimum atomic E-state index is -0.783. The second-order valence-corrected chi connectivity index (χ2v) is 5.45. The lowest BCUT2D eigenvalue weighted by Crippen LogP contribution is -2.09. The van der Waals surface area contributed by atoms with Gasteiger partial charge in [-0.25, -0.2) is 4.98 Å². The number of fused-ring (bicyclic) bond motifs is 1. The van der Waals surface area contributed by atoms with Crippen LogP contribution in [0.3, 0.4) is 0 Å². The maximum Gasteiger partial charge on any atom is 0.313 e. The van der Waals surface area contributed by atoms with E-state index in [-0.39, 0.29) is 0 Å². The molecule has 0 saturated heterocycles. The van der Waals surface area contributed by atoms with Crippen LogP contribution in [0, 0.1) is 5.92 Å². The van der Waals surface area contributed by atoms with Crippen molar-refractivity contribution in [2.75, 3.05) is 0 Å². The lowest BCUT2D eigenvalue weighted by molar-refractivity contribution is -0.138. The highest BCUT2D eigenvalue weighted by molar-refractivity contribution is 7.12. The quantitative estimate of drug-likeness (QED) is 0.841. The number of thiazole rings is 1. The molecule has 2 atom stereocenters. The molecule has 0 saturated carbocycles. The van der Waals surface area contributed by atoms with Gasteiger partial charge in [-0.3, -0.25) is 4.79 Å². The summed E-state index contributed by atoms with van der Waals surface area (Å²) in [6.45, 7) is 3.94. The van der Waals surface area contributed by atoms with Gasteiger partial charge in [0.05, 0.1) is 5.69 Å². The molecule has 0 amide bonds. The molecule has 2 rings (SSSR count). The maximum absolute atomic E-state index is 10.8. The molecule has 1 N–H and O–H groups in total. The standard InChI is InChI=1S/C11H15NO2S/c1-6-3-4-8-9(5-6)15-10(12-8)7(2)11(13)14/h6-7H,3-5H2,1-2H3,(H,13,14). The van der Waals surface area contributed by atoms with E-state index in [4.69, 9.17) is 5.11 Å². The number of aliphatic carboxylic acids is 1. The summed E-state index contributed by atoms with van der Waals surface area (Å²) in [4.78, 5) is 16.6. The molecule has 1 aliphatic carbocycles. The first kappa shape index (κ1) is 10.6. The molecule has 15 heavy (non-hydrogen) atoms. The number of carbonyl (C=O) groups is 1. The molecule has 1 aromatic rings. The molecule has 0 fully saturated rings. The van der Waals surface area contributed by atoms with Gasteiger partial charge in [-0.05, 0) is 32.1 Å². The molecule has 1 aromatic heterocycles. The second kappa shape index (κ2) is 3.93. The average Bonchev–Trinajstić information content (AvgIpc) is 2.58. The van der Waals surface area contributed by atoms with Crippen LogP contribution in [0.4, 0.5) is 0 Å². The Hall–Kier alpha value is -0.900. The fourth-order valence-electron chi connectivity index (χ4n) is 1.85. The number of aryl methyl sites for hydroxylation is 1. The number of rotatable bonds is 2. The third-order valence-electron chi connectivity index (χ3n) is 2.94. The summed E-state index contributed by atoms with van der Waals surface area (Å²) in [5.41, 5.74) is 1.14. The third-order valence-corrected chi connectivity index (χ3v) is 4.25. The van der Waals surface area contributed by atoms with Crippen molar-refractivity contribution < 1.29 is 9.90 Å². The highest BCUT2D eigenvalue weighted by Crippen LogP contribution is 2.32. The van der Waals surface area contributed by atoms with E-state index in [0.717, 1.165) is 23.5 Å². The van der Waals surface area contributed by atoms with E-state index in [1.54, 1.807) is 18.3 Å². The molecule has 0 spiro atoms. The van der Waals surface area contributed by atoms with Crippen LogP contribution in [0.25, 0.3) is 0 Å². The van der Waals surface area contributed by atoms with Crippen LogP contribution in [-0.2, 0) is 17.6 Å². The Kier molecular flexibility index (Phi) is 2.78. The van der Waals surface area contributed by atoms with Crippen molar-refractivity contribution in [3.05, 3.63) is 15.6 Å². The van der Waals surface area contributed by atoms with Gasteiger partial charge < -0.3 is 5.11 Å². The average molecular weight is 225 g/mol. The van der Waals surface area contributed by atoms with Crippen molar-refractivity contribution in [2.24, 2.45) is 5.92 Å². The number of hydrogen-bond acceptors (Lipinski definition) is 3. The molecular weight excluding hydrogens is 210 g/mol. The van der Waals surface area contributed by atoms with Crippen LogP contribution in [0.15, 0.2) is 0 Å². The van der Waals surface area contributed by atoms with Gasteiger partial charge in [0.2, 0.25) is 0 Å². The van der Waals surface area contributed by atoms with Crippen LogP contribution in [0.1, 0.15) is 41.8 Å². The molecule has 4 heteroatoms. The number of hydrogen-bond donors (Lipinski definition) is 1. The minimum Gasteiger partial charge on any atom is -0.481 e. The van der Waals surface area contributed by atoms with Gasteiger partial charge in [0.25, 0.3) is 0 Å². The van der Waals surface area contributed by atoms with E-state index in [0.29, 0.717) is 5.92 Å². The van der Waals surface area contributed by atoms with Gasteiger partial charge >= 0.3 is 5.97 Å². The second-order valence-electron chi connectivity index (χ2n) is 4.33. The van der Waals surface area contributed by atoms with Crippen molar-refractivity contribution in [3.8, 4) is 0 Å². The Bertz CT molecular complexity index is 386. The highest BCUT2D eigenvalue weighted by Gasteiger charge is 2.24. The molecule has 0 radical (unpaired) electrons. The molecule has 0 aromatic carbocycles. The number of aromatic nitrogens is 1.